The zero-order chi connectivity index (χ0) is 17.6. The Balaban J connectivity index is 1.95. The minimum Gasteiger partial charge on any atom is -0.326 e. The summed E-state index contributed by atoms with van der Waals surface area (Å²) in [5, 5.41) is 2.66. The molecule has 0 heterocycles. The summed E-state index contributed by atoms with van der Waals surface area (Å²) >= 11 is 3.26. The molecule has 0 aliphatic rings. The van der Waals surface area contributed by atoms with Gasteiger partial charge in [0, 0.05) is 22.6 Å². The number of carbonyl (C=O) groups excluding carboxylic acids is 1. The molecule has 1 amide bonds. The van der Waals surface area contributed by atoms with Gasteiger partial charge in [-0.15, -0.1) is 0 Å². The summed E-state index contributed by atoms with van der Waals surface area (Å²) in [5.74, 6) is 5.48. The lowest BCUT2D eigenvalue weighted by atomic mass is 10.2. The summed E-state index contributed by atoms with van der Waals surface area (Å²) in [4.78, 5) is 11.1. The van der Waals surface area contributed by atoms with Crippen molar-refractivity contribution in [2.24, 2.45) is 0 Å². The second-order valence-electron chi connectivity index (χ2n) is 4.84. The first-order valence-corrected chi connectivity index (χ1v) is 9.26. The number of hydrogen-bond acceptors (Lipinski definition) is 3. The van der Waals surface area contributed by atoms with E-state index in [0.717, 1.165) is 10.0 Å². The van der Waals surface area contributed by atoms with E-state index in [9.17, 15) is 13.2 Å². The summed E-state index contributed by atoms with van der Waals surface area (Å²) in [6, 6.07) is 13.3. The molecule has 0 unspecified atom stereocenters. The predicted octanol–water partition coefficient (Wildman–Crippen LogP) is 2.74. The third-order valence-corrected chi connectivity index (χ3v) is 4.86. The van der Waals surface area contributed by atoms with Gasteiger partial charge in [0.25, 0.3) is 0 Å². The molecule has 5 nitrogen and oxygen atoms in total. The van der Waals surface area contributed by atoms with Crippen molar-refractivity contribution in [2.75, 3.05) is 11.9 Å². The molecule has 0 aliphatic heterocycles. The maximum atomic E-state index is 12.1. The number of sulfonamides is 1. The van der Waals surface area contributed by atoms with Crippen LogP contribution in [0.4, 0.5) is 5.69 Å². The molecule has 124 valence electrons. The number of hydrogen-bond donors (Lipinski definition) is 2. The normalized spacial score (nSPS) is 10.6. The molecule has 0 saturated heterocycles. The maximum Gasteiger partial charge on any atom is 0.241 e. The summed E-state index contributed by atoms with van der Waals surface area (Å²) in [6.07, 6.45) is 0. The monoisotopic (exact) mass is 406 g/mol. The lowest BCUT2D eigenvalue weighted by Gasteiger charge is -2.03. The molecule has 0 radical (unpaired) electrons. The van der Waals surface area contributed by atoms with Crippen LogP contribution >= 0.6 is 15.9 Å². The summed E-state index contributed by atoms with van der Waals surface area (Å²) in [6.45, 7) is 1.44. The van der Waals surface area contributed by atoms with Gasteiger partial charge in [-0.1, -0.05) is 27.8 Å². The Morgan fingerprint density at radius 1 is 1.08 bits per heavy atom. The van der Waals surface area contributed by atoms with Crippen LogP contribution in [0, 0.1) is 11.8 Å². The predicted molar refractivity (Wildman–Crippen MR) is 97.0 cm³/mol. The van der Waals surface area contributed by atoms with E-state index in [4.69, 9.17) is 0 Å². The van der Waals surface area contributed by atoms with E-state index in [1.54, 1.807) is 36.4 Å². The first-order chi connectivity index (χ1) is 11.4. The number of nitrogens with one attached hydrogen (secondary N) is 2. The molecule has 0 saturated carbocycles. The van der Waals surface area contributed by atoms with Crippen molar-refractivity contribution >= 4 is 37.5 Å². The average molecular weight is 407 g/mol. The van der Waals surface area contributed by atoms with Crippen LogP contribution < -0.4 is 10.0 Å². The minimum absolute atomic E-state index is 0.00580. The van der Waals surface area contributed by atoms with Crippen LogP contribution in [-0.4, -0.2) is 20.9 Å². The smallest absolute Gasteiger partial charge is 0.241 e. The number of carbonyl (C=O) groups is 1. The SMILES string of the molecule is CC(=O)Nc1ccc(C#CCNS(=O)(=O)c2ccc(Br)cc2)cc1. The summed E-state index contributed by atoms with van der Waals surface area (Å²) in [5.41, 5.74) is 1.41. The average Bonchev–Trinajstić information content (AvgIpc) is 2.53. The fourth-order valence-electron chi connectivity index (χ4n) is 1.81. The molecule has 0 aliphatic carbocycles. The highest BCUT2D eigenvalue weighted by molar-refractivity contribution is 9.10. The molecule has 0 aromatic heterocycles. The number of anilines is 1. The van der Waals surface area contributed by atoms with Gasteiger partial charge < -0.3 is 5.32 Å². The number of amides is 1. The van der Waals surface area contributed by atoms with E-state index in [-0.39, 0.29) is 17.3 Å². The van der Waals surface area contributed by atoms with Crippen LogP contribution in [0.2, 0.25) is 0 Å². The van der Waals surface area contributed by atoms with Gasteiger partial charge >= 0.3 is 0 Å². The highest BCUT2D eigenvalue weighted by atomic mass is 79.9. The topological polar surface area (TPSA) is 75.3 Å². The molecule has 2 aromatic rings. The molecule has 0 fully saturated rings. The lowest BCUT2D eigenvalue weighted by molar-refractivity contribution is -0.114. The van der Waals surface area contributed by atoms with E-state index < -0.39 is 10.0 Å². The Labute approximate surface area is 149 Å². The molecule has 0 spiro atoms. The molecular formula is C17H15BrN2O3S. The molecule has 24 heavy (non-hydrogen) atoms. The third kappa shape index (κ3) is 5.49. The van der Waals surface area contributed by atoms with Crippen LogP contribution in [0.5, 0.6) is 0 Å². The first-order valence-electron chi connectivity index (χ1n) is 6.98. The second-order valence-corrected chi connectivity index (χ2v) is 7.52. The van der Waals surface area contributed by atoms with Crippen LogP contribution in [0.3, 0.4) is 0 Å². The highest BCUT2D eigenvalue weighted by Crippen LogP contribution is 2.14. The van der Waals surface area contributed by atoms with Crippen LogP contribution in [0.25, 0.3) is 0 Å². The summed E-state index contributed by atoms with van der Waals surface area (Å²) < 4.78 is 27.4. The van der Waals surface area contributed by atoms with Crippen LogP contribution in [-0.2, 0) is 14.8 Å². The van der Waals surface area contributed by atoms with Gasteiger partial charge in [-0.3, -0.25) is 4.79 Å². The molecular weight excluding hydrogens is 392 g/mol. The molecule has 7 heteroatoms. The van der Waals surface area contributed by atoms with E-state index in [2.05, 4.69) is 37.8 Å². The zero-order valence-corrected chi connectivity index (χ0v) is 15.2. The highest BCUT2D eigenvalue weighted by Gasteiger charge is 2.11. The van der Waals surface area contributed by atoms with Gasteiger partial charge in [0.15, 0.2) is 0 Å². The fraction of sp³-hybridized carbons (Fsp3) is 0.118. The molecule has 0 bridgehead atoms. The lowest BCUT2D eigenvalue weighted by Crippen LogP contribution is -2.23. The molecule has 0 atom stereocenters. The third-order valence-electron chi connectivity index (χ3n) is 2.91. The Kier molecular flexibility index (Phi) is 6.15. The largest absolute Gasteiger partial charge is 0.326 e. The zero-order valence-electron chi connectivity index (χ0n) is 12.8. The Morgan fingerprint density at radius 2 is 1.71 bits per heavy atom. The minimum atomic E-state index is -3.57. The van der Waals surface area contributed by atoms with Crippen molar-refractivity contribution in [3.63, 3.8) is 0 Å². The first kappa shape index (κ1) is 18.2. The molecule has 2 aromatic carbocycles. The number of benzene rings is 2. The second kappa shape index (κ2) is 8.11. The summed E-state index contributed by atoms with van der Waals surface area (Å²) in [7, 11) is -3.57. The van der Waals surface area contributed by atoms with E-state index in [1.807, 2.05) is 0 Å². The van der Waals surface area contributed by atoms with Crippen molar-refractivity contribution in [3.05, 3.63) is 58.6 Å². The standard InChI is InChI=1S/C17H15BrN2O3S/c1-13(21)20-16-8-4-14(5-9-16)3-2-12-19-24(22,23)17-10-6-15(18)7-11-17/h4-11,19H,12H2,1H3,(H,20,21). The van der Waals surface area contributed by atoms with E-state index in [1.165, 1.54) is 19.1 Å². The van der Waals surface area contributed by atoms with Gasteiger partial charge in [0.1, 0.15) is 0 Å². The molecule has 2 N–H and O–H groups in total. The van der Waals surface area contributed by atoms with Gasteiger partial charge in [0.05, 0.1) is 11.4 Å². The van der Waals surface area contributed by atoms with Crippen molar-refractivity contribution < 1.29 is 13.2 Å². The van der Waals surface area contributed by atoms with Gasteiger partial charge in [0.2, 0.25) is 15.9 Å². The number of halogens is 1. The Bertz CT molecular complexity index is 880. The van der Waals surface area contributed by atoms with Crippen molar-refractivity contribution in [2.45, 2.75) is 11.8 Å². The van der Waals surface area contributed by atoms with Gasteiger partial charge in [-0.05, 0) is 48.5 Å². The number of rotatable bonds is 4. The Hall–Kier alpha value is -2.14. The van der Waals surface area contributed by atoms with Crippen LogP contribution in [0.1, 0.15) is 12.5 Å². The van der Waals surface area contributed by atoms with Crippen LogP contribution in [0.15, 0.2) is 57.9 Å². The van der Waals surface area contributed by atoms with Gasteiger partial charge in [-0.25, -0.2) is 8.42 Å². The fourth-order valence-corrected chi connectivity index (χ4v) is 3.00. The van der Waals surface area contributed by atoms with Crippen molar-refractivity contribution in [1.29, 1.82) is 0 Å². The van der Waals surface area contributed by atoms with Crippen molar-refractivity contribution in [1.82, 2.24) is 4.72 Å². The molecule has 2 rings (SSSR count). The quantitative estimate of drug-likeness (QED) is 0.766. The van der Waals surface area contributed by atoms with E-state index in [0.29, 0.717) is 5.69 Å². The maximum absolute atomic E-state index is 12.1. The Morgan fingerprint density at radius 3 is 2.29 bits per heavy atom. The van der Waals surface area contributed by atoms with E-state index >= 15 is 0 Å². The van der Waals surface area contributed by atoms with Crippen molar-refractivity contribution in [3.8, 4) is 11.8 Å². The van der Waals surface area contributed by atoms with Gasteiger partial charge in [-0.2, -0.15) is 4.72 Å².